The van der Waals surface area contributed by atoms with Gasteiger partial charge in [-0.2, -0.15) is 0 Å². The average Bonchev–Trinajstić information content (AvgIpc) is 2.47. The Labute approximate surface area is 117 Å². The Bertz CT molecular complexity index is 569. The van der Waals surface area contributed by atoms with Crippen molar-refractivity contribution in [3.8, 4) is 0 Å². The number of aromatic nitrogens is 2. The molecule has 2 aromatic rings. The summed E-state index contributed by atoms with van der Waals surface area (Å²) >= 11 is 1.68. The summed E-state index contributed by atoms with van der Waals surface area (Å²) in [6.45, 7) is 0.549. The fourth-order valence-corrected chi connectivity index (χ4v) is 3.33. The van der Waals surface area contributed by atoms with Crippen molar-refractivity contribution in [2.45, 2.75) is 42.1 Å². The molecule has 1 aliphatic carbocycles. The van der Waals surface area contributed by atoms with Gasteiger partial charge in [-0.15, -0.1) is 0 Å². The van der Waals surface area contributed by atoms with Crippen molar-refractivity contribution in [2.24, 2.45) is 5.73 Å². The summed E-state index contributed by atoms with van der Waals surface area (Å²) in [4.78, 5) is 10.0. The van der Waals surface area contributed by atoms with Crippen molar-refractivity contribution >= 4 is 11.8 Å². The highest BCUT2D eigenvalue weighted by Crippen LogP contribution is 2.31. The quantitative estimate of drug-likeness (QED) is 0.932. The van der Waals surface area contributed by atoms with Gasteiger partial charge >= 0.3 is 0 Å². The molecule has 2 aromatic heterocycles. The number of nitrogens with two attached hydrogens (primary N) is 1. The van der Waals surface area contributed by atoms with E-state index in [4.69, 9.17) is 10.7 Å². The summed E-state index contributed by atoms with van der Waals surface area (Å²) in [5.74, 6) is 0. The van der Waals surface area contributed by atoms with Crippen molar-refractivity contribution in [3.63, 3.8) is 0 Å². The van der Waals surface area contributed by atoms with Gasteiger partial charge in [-0.1, -0.05) is 17.8 Å². The summed E-state index contributed by atoms with van der Waals surface area (Å²) in [6, 6.07) is 6.27. The minimum Gasteiger partial charge on any atom is -0.326 e. The maximum absolute atomic E-state index is 5.87. The highest BCUT2D eigenvalue weighted by molar-refractivity contribution is 7.99. The predicted octanol–water partition coefficient (Wildman–Crippen LogP) is 2.97. The van der Waals surface area contributed by atoms with Gasteiger partial charge in [0.2, 0.25) is 0 Å². The summed E-state index contributed by atoms with van der Waals surface area (Å²) in [7, 11) is 0. The lowest BCUT2D eigenvalue weighted by Gasteiger charge is -2.18. The van der Waals surface area contributed by atoms with Gasteiger partial charge in [0.05, 0.1) is 0 Å². The zero-order valence-corrected chi connectivity index (χ0v) is 11.6. The Morgan fingerprint density at radius 3 is 2.74 bits per heavy atom. The van der Waals surface area contributed by atoms with E-state index in [1.807, 2.05) is 24.5 Å². The molecule has 2 heterocycles. The smallest absolute Gasteiger partial charge is 0.106 e. The predicted molar refractivity (Wildman–Crippen MR) is 77.1 cm³/mol. The van der Waals surface area contributed by atoms with Crippen molar-refractivity contribution in [2.75, 3.05) is 0 Å². The molecule has 3 nitrogen and oxygen atoms in total. The van der Waals surface area contributed by atoms with Gasteiger partial charge in [-0.25, -0.2) is 4.98 Å². The lowest BCUT2D eigenvalue weighted by atomic mass is 9.95. The minimum atomic E-state index is 0.549. The van der Waals surface area contributed by atoms with Crippen LogP contribution in [0.1, 0.15) is 29.7 Å². The Balaban J connectivity index is 1.95. The summed E-state index contributed by atoms with van der Waals surface area (Å²) in [6.07, 6.45) is 8.39. The molecule has 0 bridgehead atoms. The van der Waals surface area contributed by atoms with E-state index in [-0.39, 0.29) is 0 Å². The molecule has 0 aromatic carbocycles. The van der Waals surface area contributed by atoms with Gasteiger partial charge in [-0.3, -0.25) is 4.98 Å². The van der Waals surface area contributed by atoms with Crippen LogP contribution in [0.5, 0.6) is 0 Å². The van der Waals surface area contributed by atoms with Crippen LogP contribution in [0.25, 0.3) is 0 Å². The summed E-state index contributed by atoms with van der Waals surface area (Å²) in [5.41, 5.74) is 9.68. The molecule has 0 spiro atoms. The van der Waals surface area contributed by atoms with E-state index in [1.165, 1.54) is 24.1 Å². The zero-order valence-electron chi connectivity index (χ0n) is 10.8. The van der Waals surface area contributed by atoms with Crippen LogP contribution in [-0.4, -0.2) is 9.97 Å². The van der Waals surface area contributed by atoms with Crippen molar-refractivity contribution < 1.29 is 0 Å². The first kappa shape index (κ1) is 12.6. The normalized spacial score (nSPS) is 14.2. The van der Waals surface area contributed by atoms with E-state index in [0.29, 0.717) is 6.54 Å². The fraction of sp³-hybridized carbons (Fsp3) is 0.333. The van der Waals surface area contributed by atoms with Crippen molar-refractivity contribution in [3.05, 3.63) is 47.4 Å². The number of fused-ring (bicyclic) bond motifs is 1. The molecule has 0 aliphatic heterocycles. The molecule has 4 heteroatoms. The molecule has 0 radical (unpaired) electrons. The van der Waals surface area contributed by atoms with E-state index in [9.17, 15) is 0 Å². The first-order chi connectivity index (χ1) is 9.36. The third kappa shape index (κ3) is 2.80. The highest BCUT2D eigenvalue weighted by atomic mass is 32.2. The monoisotopic (exact) mass is 271 g/mol. The van der Waals surface area contributed by atoms with Gasteiger partial charge < -0.3 is 5.73 Å². The molecule has 0 unspecified atom stereocenters. The van der Waals surface area contributed by atoms with Gasteiger partial charge in [-0.05, 0) is 48.9 Å². The molecule has 0 fully saturated rings. The largest absolute Gasteiger partial charge is 0.326 e. The van der Waals surface area contributed by atoms with Crippen molar-refractivity contribution in [1.29, 1.82) is 0 Å². The topological polar surface area (TPSA) is 51.8 Å². The lowest BCUT2D eigenvalue weighted by molar-refractivity contribution is 0.656. The third-order valence-electron chi connectivity index (χ3n) is 3.42. The van der Waals surface area contributed by atoms with Gasteiger partial charge in [0.1, 0.15) is 5.03 Å². The molecule has 0 saturated carbocycles. The van der Waals surface area contributed by atoms with Gasteiger partial charge in [0.25, 0.3) is 0 Å². The Hall–Kier alpha value is -1.39. The van der Waals surface area contributed by atoms with E-state index < -0.39 is 0 Å². The van der Waals surface area contributed by atoms with E-state index in [1.54, 1.807) is 11.8 Å². The van der Waals surface area contributed by atoms with Crippen LogP contribution in [0.2, 0.25) is 0 Å². The zero-order chi connectivity index (χ0) is 13.1. The van der Waals surface area contributed by atoms with Crippen LogP contribution in [-0.2, 0) is 19.4 Å². The number of pyridine rings is 2. The van der Waals surface area contributed by atoms with E-state index in [0.717, 1.165) is 28.3 Å². The third-order valence-corrected chi connectivity index (χ3v) is 4.48. The number of hydrogen-bond acceptors (Lipinski definition) is 4. The summed E-state index contributed by atoms with van der Waals surface area (Å²) < 4.78 is 0. The molecular formula is C15H17N3S. The van der Waals surface area contributed by atoms with Crippen LogP contribution in [0, 0.1) is 0 Å². The highest BCUT2D eigenvalue weighted by Gasteiger charge is 2.15. The van der Waals surface area contributed by atoms with Gasteiger partial charge in [0, 0.05) is 29.5 Å². The minimum absolute atomic E-state index is 0.549. The number of hydrogen-bond donors (Lipinski definition) is 1. The molecule has 2 N–H and O–H groups in total. The lowest BCUT2D eigenvalue weighted by Crippen LogP contribution is -2.10. The molecule has 3 rings (SSSR count). The molecule has 0 atom stereocenters. The van der Waals surface area contributed by atoms with Crippen LogP contribution < -0.4 is 5.73 Å². The van der Waals surface area contributed by atoms with Crippen LogP contribution in [0.3, 0.4) is 0 Å². The Morgan fingerprint density at radius 1 is 1.16 bits per heavy atom. The van der Waals surface area contributed by atoms with E-state index >= 15 is 0 Å². The Morgan fingerprint density at radius 2 is 1.95 bits per heavy atom. The molecular weight excluding hydrogens is 254 g/mol. The van der Waals surface area contributed by atoms with Crippen LogP contribution >= 0.6 is 11.8 Å². The molecule has 98 valence electrons. The standard InChI is InChI=1S/C15H17N3S/c16-10-12-9-11-3-1-2-4-14(11)18-15(12)19-13-5-7-17-8-6-13/h5-9H,1-4,10,16H2. The number of aryl methyl sites for hydroxylation is 2. The van der Waals surface area contributed by atoms with Gasteiger partial charge in [0.15, 0.2) is 0 Å². The molecule has 0 amide bonds. The SMILES string of the molecule is NCc1cc2c(nc1Sc1ccncc1)CCCC2. The van der Waals surface area contributed by atoms with Crippen LogP contribution in [0.15, 0.2) is 40.5 Å². The first-order valence-corrected chi connectivity index (χ1v) is 7.48. The second-order valence-electron chi connectivity index (χ2n) is 4.75. The second kappa shape index (κ2) is 5.72. The van der Waals surface area contributed by atoms with Crippen LogP contribution in [0.4, 0.5) is 0 Å². The number of rotatable bonds is 3. The average molecular weight is 271 g/mol. The summed E-state index contributed by atoms with van der Waals surface area (Å²) in [5, 5.41) is 1.05. The number of nitrogens with zero attached hydrogens (tertiary/aromatic N) is 2. The first-order valence-electron chi connectivity index (χ1n) is 6.66. The molecule has 0 saturated heterocycles. The maximum atomic E-state index is 5.87. The second-order valence-corrected chi connectivity index (χ2v) is 5.82. The molecule has 1 aliphatic rings. The molecule has 19 heavy (non-hydrogen) atoms. The maximum Gasteiger partial charge on any atom is 0.106 e. The fourth-order valence-electron chi connectivity index (χ4n) is 2.41. The Kier molecular flexibility index (Phi) is 3.80. The van der Waals surface area contributed by atoms with E-state index in [2.05, 4.69) is 11.1 Å². The van der Waals surface area contributed by atoms with Crippen molar-refractivity contribution in [1.82, 2.24) is 9.97 Å².